The number of nitro groups is 1. The molecule has 1 aliphatic rings. The Morgan fingerprint density at radius 3 is 2.61 bits per heavy atom. The third-order valence-electron chi connectivity index (χ3n) is 4.80. The lowest BCUT2D eigenvalue weighted by atomic mass is 10.0. The van der Waals surface area contributed by atoms with E-state index in [0.717, 1.165) is 5.69 Å². The zero-order chi connectivity index (χ0) is 20.3. The van der Waals surface area contributed by atoms with Gasteiger partial charge in [0.05, 0.1) is 22.3 Å². The zero-order valence-electron chi connectivity index (χ0n) is 15.4. The van der Waals surface area contributed by atoms with Crippen molar-refractivity contribution in [1.82, 2.24) is 0 Å². The minimum atomic E-state index is -0.548. The Balaban J connectivity index is 1.88. The Labute approximate surface area is 162 Å². The summed E-state index contributed by atoms with van der Waals surface area (Å²) in [4.78, 5) is 24.4. The fraction of sp³-hybridized carbons (Fsp3) is 0.300. The molecule has 1 fully saturated rings. The SMILES string of the molecule is CC(=O)c1ccc(Nc2ccc(N3CCC(O)CC3)c(C#N)c2)c([N+](=O)[O-])c1. The molecule has 0 amide bonds. The van der Waals surface area contributed by atoms with Crippen LogP contribution in [-0.4, -0.2) is 35.0 Å². The maximum atomic E-state index is 11.5. The van der Waals surface area contributed by atoms with E-state index in [0.29, 0.717) is 37.2 Å². The molecular weight excluding hydrogens is 360 g/mol. The van der Waals surface area contributed by atoms with Crippen LogP contribution in [0.5, 0.6) is 0 Å². The second-order valence-corrected chi connectivity index (χ2v) is 6.73. The van der Waals surface area contributed by atoms with Crippen LogP contribution in [0.3, 0.4) is 0 Å². The third-order valence-corrected chi connectivity index (χ3v) is 4.80. The second kappa shape index (κ2) is 8.06. The van der Waals surface area contributed by atoms with E-state index in [2.05, 4.69) is 16.3 Å². The Kier molecular flexibility index (Phi) is 5.57. The second-order valence-electron chi connectivity index (χ2n) is 6.73. The highest BCUT2D eigenvalue weighted by Crippen LogP contribution is 2.32. The molecule has 0 bridgehead atoms. The molecule has 0 radical (unpaired) electrons. The summed E-state index contributed by atoms with van der Waals surface area (Å²) in [5.41, 5.74) is 2.06. The monoisotopic (exact) mass is 380 g/mol. The number of nitriles is 1. The molecule has 0 atom stereocenters. The minimum Gasteiger partial charge on any atom is -0.393 e. The number of aliphatic hydroxyl groups is 1. The summed E-state index contributed by atoms with van der Waals surface area (Å²) in [7, 11) is 0. The number of ketones is 1. The molecule has 1 saturated heterocycles. The van der Waals surface area contributed by atoms with Crippen LogP contribution < -0.4 is 10.2 Å². The molecular formula is C20H20N4O4. The molecule has 144 valence electrons. The predicted octanol–water partition coefficient (Wildman–Crippen LogP) is 3.37. The summed E-state index contributed by atoms with van der Waals surface area (Å²) in [5, 5.41) is 33.5. The van der Waals surface area contributed by atoms with Gasteiger partial charge in [-0.15, -0.1) is 0 Å². The summed E-state index contributed by atoms with van der Waals surface area (Å²) < 4.78 is 0. The first-order valence-corrected chi connectivity index (χ1v) is 8.92. The zero-order valence-corrected chi connectivity index (χ0v) is 15.4. The van der Waals surface area contributed by atoms with Gasteiger partial charge in [0.15, 0.2) is 5.78 Å². The Hall–Kier alpha value is -3.44. The number of anilines is 3. The molecule has 0 spiro atoms. The normalized spacial score (nSPS) is 14.4. The molecule has 0 saturated carbocycles. The molecule has 2 N–H and O–H groups in total. The van der Waals surface area contributed by atoms with Crippen molar-refractivity contribution in [2.24, 2.45) is 0 Å². The van der Waals surface area contributed by atoms with E-state index >= 15 is 0 Å². The van der Waals surface area contributed by atoms with Crippen LogP contribution >= 0.6 is 0 Å². The molecule has 1 heterocycles. The van der Waals surface area contributed by atoms with Crippen molar-refractivity contribution >= 4 is 28.5 Å². The highest BCUT2D eigenvalue weighted by Gasteiger charge is 2.20. The largest absolute Gasteiger partial charge is 0.393 e. The summed E-state index contributed by atoms with van der Waals surface area (Å²) in [6.45, 7) is 2.69. The molecule has 0 aromatic heterocycles. The van der Waals surface area contributed by atoms with Crippen molar-refractivity contribution in [2.75, 3.05) is 23.3 Å². The number of piperidine rings is 1. The van der Waals surface area contributed by atoms with Gasteiger partial charge in [-0.1, -0.05) is 0 Å². The first kappa shape index (κ1) is 19.3. The van der Waals surface area contributed by atoms with Crippen molar-refractivity contribution in [1.29, 1.82) is 5.26 Å². The lowest BCUT2D eigenvalue weighted by Crippen LogP contribution is -2.36. The number of carbonyl (C=O) groups is 1. The van der Waals surface area contributed by atoms with Crippen molar-refractivity contribution in [3.8, 4) is 6.07 Å². The Morgan fingerprint density at radius 1 is 1.29 bits per heavy atom. The van der Waals surface area contributed by atoms with Crippen LogP contribution in [0.2, 0.25) is 0 Å². The summed E-state index contributed by atoms with van der Waals surface area (Å²) in [5.74, 6) is -0.252. The number of Topliss-reactive ketones (excluding diaryl/α,β-unsaturated/α-hetero) is 1. The van der Waals surface area contributed by atoms with Gasteiger partial charge in [0.1, 0.15) is 11.8 Å². The van der Waals surface area contributed by atoms with Crippen LogP contribution in [0.15, 0.2) is 36.4 Å². The quantitative estimate of drug-likeness (QED) is 0.463. The number of hydrogen-bond acceptors (Lipinski definition) is 7. The number of nitro benzene ring substituents is 1. The fourth-order valence-corrected chi connectivity index (χ4v) is 3.25. The van der Waals surface area contributed by atoms with E-state index < -0.39 is 4.92 Å². The van der Waals surface area contributed by atoms with Crippen LogP contribution in [0.1, 0.15) is 35.7 Å². The minimum absolute atomic E-state index is 0.208. The van der Waals surface area contributed by atoms with Crippen LogP contribution in [-0.2, 0) is 0 Å². The fourth-order valence-electron chi connectivity index (χ4n) is 3.25. The highest BCUT2D eigenvalue weighted by atomic mass is 16.6. The molecule has 0 aliphatic carbocycles. The van der Waals surface area contributed by atoms with E-state index in [1.165, 1.54) is 25.1 Å². The molecule has 3 rings (SSSR count). The van der Waals surface area contributed by atoms with Crippen LogP contribution in [0.4, 0.5) is 22.7 Å². The van der Waals surface area contributed by atoms with Crippen molar-refractivity contribution in [3.63, 3.8) is 0 Å². The maximum absolute atomic E-state index is 11.5. The Morgan fingerprint density at radius 2 is 2.00 bits per heavy atom. The molecule has 8 heteroatoms. The number of benzene rings is 2. The maximum Gasteiger partial charge on any atom is 0.293 e. The Bertz CT molecular complexity index is 959. The highest BCUT2D eigenvalue weighted by molar-refractivity contribution is 5.95. The van der Waals surface area contributed by atoms with Crippen molar-refractivity contribution < 1.29 is 14.8 Å². The van der Waals surface area contributed by atoms with E-state index in [4.69, 9.17) is 0 Å². The van der Waals surface area contributed by atoms with E-state index in [9.17, 15) is 25.3 Å². The van der Waals surface area contributed by atoms with Crippen LogP contribution in [0, 0.1) is 21.4 Å². The van der Waals surface area contributed by atoms with Crippen molar-refractivity contribution in [2.45, 2.75) is 25.9 Å². The first-order valence-electron chi connectivity index (χ1n) is 8.92. The number of rotatable bonds is 5. The van der Waals surface area contributed by atoms with E-state index in [-0.39, 0.29) is 28.8 Å². The summed E-state index contributed by atoms with van der Waals surface area (Å²) in [6.07, 6.45) is 1.00. The average Bonchev–Trinajstić information content (AvgIpc) is 2.68. The van der Waals surface area contributed by atoms with Gasteiger partial charge in [-0.05, 0) is 50.1 Å². The summed E-state index contributed by atoms with van der Waals surface area (Å²) >= 11 is 0. The molecule has 2 aromatic carbocycles. The molecule has 28 heavy (non-hydrogen) atoms. The smallest absolute Gasteiger partial charge is 0.293 e. The lowest BCUT2D eigenvalue weighted by Gasteiger charge is -2.32. The van der Waals surface area contributed by atoms with Gasteiger partial charge in [0.2, 0.25) is 0 Å². The number of nitrogens with zero attached hydrogens (tertiary/aromatic N) is 3. The van der Waals surface area contributed by atoms with Crippen molar-refractivity contribution in [3.05, 3.63) is 57.6 Å². The van der Waals surface area contributed by atoms with E-state index in [1.54, 1.807) is 18.2 Å². The van der Waals surface area contributed by atoms with Gasteiger partial charge in [0, 0.05) is 30.4 Å². The predicted molar refractivity (Wildman–Crippen MR) is 105 cm³/mol. The van der Waals surface area contributed by atoms with Gasteiger partial charge in [-0.3, -0.25) is 14.9 Å². The van der Waals surface area contributed by atoms with Crippen LogP contribution in [0.25, 0.3) is 0 Å². The first-order chi connectivity index (χ1) is 13.4. The van der Waals surface area contributed by atoms with Gasteiger partial charge >= 0.3 is 0 Å². The molecule has 8 nitrogen and oxygen atoms in total. The van der Waals surface area contributed by atoms with Gasteiger partial charge < -0.3 is 15.3 Å². The number of aliphatic hydroxyl groups excluding tert-OH is 1. The standard InChI is InChI=1S/C20H20N4O4/c1-13(25)14-2-4-18(20(11-14)24(27)28)22-16-3-5-19(15(10-16)12-21)23-8-6-17(26)7-9-23/h2-5,10-11,17,22,26H,6-9H2,1H3. The van der Waals surface area contributed by atoms with Gasteiger partial charge in [-0.2, -0.15) is 5.26 Å². The topological polar surface area (TPSA) is 120 Å². The number of nitrogens with one attached hydrogen (secondary N) is 1. The summed E-state index contributed by atoms with van der Waals surface area (Å²) in [6, 6.07) is 11.6. The van der Waals surface area contributed by atoms with Gasteiger partial charge in [-0.25, -0.2) is 0 Å². The third kappa shape index (κ3) is 4.10. The molecule has 0 unspecified atom stereocenters. The lowest BCUT2D eigenvalue weighted by molar-refractivity contribution is -0.383. The number of carbonyl (C=O) groups excluding carboxylic acids is 1. The number of hydrogen-bond donors (Lipinski definition) is 2. The molecule has 2 aromatic rings. The van der Waals surface area contributed by atoms with E-state index in [1.807, 2.05) is 0 Å². The average molecular weight is 380 g/mol. The molecule has 1 aliphatic heterocycles. The van der Waals surface area contributed by atoms with Gasteiger partial charge in [0.25, 0.3) is 5.69 Å².